The van der Waals surface area contributed by atoms with E-state index < -0.39 is 30.5 Å². The first-order valence-corrected chi connectivity index (χ1v) is 10.3. The number of esters is 1. The lowest BCUT2D eigenvalue weighted by Crippen LogP contribution is -2.36. The van der Waals surface area contributed by atoms with Crippen molar-refractivity contribution in [3.63, 3.8) is 0 Å². The fraction of sp³-hybridized carbons (Fsp3) is 0.333. The van der Waals surface area contributed by atoms with E-state index in [1.807, 2.05) is 24.3 Å². The van der Waals surface area contributed by atoms with Crippen LogP contribution in [0.1, 0.15) is 11.8 Å². The summed E-state index contributed by atoms with van der Waals surface area (Å²) in [4.78, 5) is 24.5. The standard InChI is InChI=1S/C18H17ClIN5O5/c1-29-17(28)13-11(26)12(27)16(30-13)25-7-22-10-14(23-18(19)24-15(10)25)21-6-8-3-2-4-9(20)5-8/h2-5,7,11-13,16,26-27H,6H2,1H3,(H,21,23,24)/t11-,12+,13-,16+/m0/s1. The molecule has 0 aliphatic carbocycles. The lowest BCUT2D eigenvalue weighted by Gasteiger charge is -2.16. The molecule has 1 saturated heterocycles. The molecule has 0 saturated carbocycles. The second-order valence-corrected chi connectivity index (χ2v) is 8.18. The fourth-order valence-corrected chi connectivity index (χ4v) is 4.00. The first-order valence-electron chi connectivity index (χ1n) is 8.87. The number of imidazole rings is 1. The molecule has 4 rings (SSSR count). The third-order valence-corrected chi connectivity index (χ3v) is 5.53. The highest BCUT2D eigenvalue weighted by Crippen LogP contribution is 2.33. The smallest absolute Gasteiger partial charge is 0.337 e. The summed E-state index contributed by atoms with van der Waals surface area (Å²) in [6.07, 6.45) is -3.92. The maximum absolute atomic E-state index is 11.8. The van der Waals surface area contributed by atoms with Crippen LogP contribution in [0, 0.1) is 3.57 Å². The van der Waals surface area contributed by atoms with Crippen LogP contribution in [0.15, 0.2) is 30.6 Å². The molecule has 0 radical (unpaired) electrons. The van der Waals surface area contributed by atoms with E-state index >= 15 is 0 Å². The monoisotopic (exact) mass is 545 g/mol. The maximum atomic E-state index is 11.8. The Morgan fingerprint density at radius 2 is 2.17 bits per heavy atom. The molecule has 1 aliphatic rings. The van der Waals surface area contributed by atoms with Gasteiger partial charge >= 0.3 is 5.97 Å². The number of nitrogens with one attached hydrogen (secondary N) is 1. The zero-order valence-electron chi connectivity index (χ0n) is 15.6. The summed E-state index contributed by atoms with van der Waals surface area (Å²) in [5.74, 6) is -0.388. The number of aliphatic hydroxyl groups excluding tert-OH is 2. The number of hydrogen-bond donors (Lipinski definition) is 3. The van der Waals surface area contributed by atoms with Gasteiger partial charge < -0.3 is 25.0 Å². The summed E-state index contributed by atoms with van der Waals surface area (Å²) in [5.41, 5.74) is 1.72. The van der Waals surface area contributed by atoms with Gasteiger partial charge in [-0.15, -0.1) is 0 Å². The summed E-state index contributed by atoms with van der Waals surface area (Å²) in [6, 6.07) is 7.96. The van der Waals surface area contributed by atoms with Crippen molar-refractivity contribution >= 4 is 57.1 Å². The molecule has 1 aliphatic heterocycles. The van der Waals surface area contributed by atoms with Crippen molar-refractivity contribution in [1.82, 2.24) is 19.5 Å². The quantitative estimate of drug-likeness (QED) is 0.248. The average Bonchev–Trinajstić information content (AvgIpc) is 3.27. The molecule has 158 valence electrons. The van der Waals surface area contributed by atoms with E-state index in [-0.39, 0.29) is 10.9 Å². The van der Waals surface area contributed by atoms with Gasteiger partial charge in [0.05, 0.1) is 13.4 Å². The first kappa shape index (κ1) is 21.2. The number of carbonyl (C=O) groups excluding carboxylic acids is 1. The molecule has 1 aromatic carbocycles. The third kappa shape index (κ3) is 3.95. The van der Waals surface area contributed by atoms with Gasteiger partial charge in [0.2, 0.25) is 5.28 Å². The van der Waals surface area contributed by atoms with E-state index in [1.165, 1.54) is 18.0 Å². The highest BCUT2D eigenvalue weighted by Gasteiger charge is 2.48. The third-order valence-electron chi connectivity index (χ3n) is 4.69. The Balaban J connectivity index is 1.64. The summed E-state index contributed by atoms with van der Waals surface area (Å²) >= 11 is 8.34. The molecule has 10 nitrogen and oxygen atoms in total. The van der Waals surface area contributed by atoms with Crippen molar-refractivity contribution in [3.05, 3.63) is 45.0 Å². The maximum Gasteiger partial charge on any atom is 0.337 e. The number of halogens is 2. The molecule has 3 heterocycles. The van der Waals surface area contributed by atoms with Crippen LogP contribution in [0.5, 0.6) is 0 Å². The van der Waals surface area contributed by atoms with E-state index in [0.717, 1.165) is 9.13 Å². The van der Waals surface area contributed by atoms with E-state index in [1.54, 1.807) is 0 Å². The van der Waals surface area contributed by atoms with Crippen molar-refractivity contribution < 1.29 is 24.5 Å². The molecule has 0 bridgehead atoms. The largest absolute Gasteiger partial charge is 0.467 e. The van der Waals surface area contributed by atoms with Crippen LogP contribution in [-0.4, -0.2) is 61.1 Å². The number of aliphatic hydroxyl groups is 2. The van der Waals surface area contributed by atoms with Crippen LogP contribution in [0.2, 0.25) is 5.28 Å². The number of nitrogens with zero attached hydrogens (tertiary/aromatic N) is 4. The summed E-state index contributed by atoms with van der Waals surface area (Å²) < 4.78 is 12.7. The van der Waals surface area contributed by atoms with Gasteiger partial charge in [-0.05, 0) is 51.9 Å². The van der Waals surface area contributed by atoms with Gasteiger partial charge in [-0.25, -0.2) is 9.78 Å². The molecule has 3 N–H and O–H groups in total. The lowest BCUT2D eigenvalue weighted by molar-refractivity contribution is -0.158. The highest BCUT2D eigenvalue weighted by atomic mass is 127. The Morgan fingerprint density at radius 1 is 1.37 bits per heavy atom. The molecule has 1 fully saturated rings. The Morgan fingerprint density at radius 3 is 2.90 bits per heavy atom. The molecule has 2 aromatic heterocycles. The van der Waals surface area contributed by atoms with Gasteiger partial charge in [0.25, 0.3) is 0 Å². The predicted molar refractivity (Wildman–Crippen MR) is 115 cm³/mol. The number of anilines is 1. The zero-order valence-corrected chi connectivity index (χ0v) is 18.5. The van der Waals surface area contributed by atoms with Gasteiger partial charge in [-0.2, -0.15) is 9.97 Å². The Hall–Kier alpha value is -2.06. The predicted octanol–water partition coefficient (Wildman–Crippen LogP) is 1.49. The van der Waals surface area contributed by atoms with Crippen molar-refractivity contribution in [2.24, 2.45) is 0 Å². The molecule has 0 spiro atoms. The van der Waals surface area contributed by atoms with Crippen molar-refractivity contribution in [2.45, 2.75) is 31.1 Å². The minimum absolute atomic E-state index is 0.0352. The number of methoxy groups -OCH3 is 1. The molecular weight excluding hydrogens is 529 g/mol. The molecule has 0 amide bonds. The number of carbonyl (C=O) groups is 1. The number of ether oxygens (including phenoxy) is 2. The van der Waals surface area contributed by atoms with E-state index in [9.17, 15) is 15.0 Å². The lowest BCUT2D eigenvalue weighted by atomic mass is 10.1. The number of fused-ring (bicyclic) bond motifs is 1. The SMILES string of the molecule is COC(=O)[C@H]1O[C@@H](n2cnc3c(NCc4cccc(I)c4)nc(Cl)nc32)[C@H](O)[C@@H]1O. The van der Waals surface area contributed by atoms with Gasteiger partial charge in [0.1, 0.15) is 12.2 Å². The normalized spacial score (nSPS) is 23.6. The van der Waals surface area contributed by atoms with E-state index in [2.05, 4.69) is 47.6 Å². The topological polar surface area (TPSA) is 132 Å². The number of aromatic nitrogens is 4. The van der Waals surface area contributed by atoms with Crippen LogP contribution in [0.4, 0.5) is 5.82 Å². The Labute approximate surface area is 189 Å². The number of rotatable bonds is 5. The van der Waals surface area contributed by atoms with Crippen molar-refractivity contribution in [2.75, 3.05) is 12.4 Å². The molecule has 12 heteroatoms. The van der Waals surface area contributed by atoms with Gasteiger partial charge in [-0.1, -0.05) is 12.1 Å². The average molecular weight is 546 g/mol. The summed E-state index contributed by atoms with van der Waals surface area (Å²) in [5, 5.41) is 23.7. The van der Waals surface area contributed by atoms with Gasteiger partial charge in [-0.3, -0.25) is 4.57 Å². The van der Waals surface area contributed by atoms with Crippen LogP contribution in [0.3, 0.4) is 0 Å². The minimum Gasteiger partial charge on any atom is -0.467 e. The fourth-order valence-electron chi connectivity index (χ4n) is 3.23. The van der Waals surface area contributed by atoms with Gasteiger partial charge in [0.15, 0.2) is 29.3 Å². The number of benzene rings is 1. The summed E-state index contributed by atoms with van der Waals surface area (Å²) in [7, 11) is 1.17. The molecule has 3 aromatic rings. The molecule has 4 atom stereocenters. The highest BCUT2D eigenvalue weighted by molar-refractivity contribution is 14.1. The van der Waals surface area contributed by atoms with Crippen LogP contribution in [-0.2, 0) is 20.8 Å². The molecule has 30 heavy (non-hydrogen) atoms. The van der Waals surface area contributed by atoms with Crippen LogP contribution < -0.4 is 5.32 Å². The van der Waals surface area contributed by atoms with Crippen LogP contribution >= 0.6 is 34.2 Å². The second kappa shape index (κ2) is 8.59. The second-order valence-electron chi connectivity index (χ2n) is 6.60. The van der Waals surface area contributed by atoms with E-state index in [0.29, 0.717) is 17.9 Å². The number of hydrogen-bond acceptors (Lipinski definition) is 9. The first-order chi connectivity index (χ1) is 14.4. The molecule has 0 unspecified atom stereocenters. The minimum atomic E-state index is -1.46. The molecular formula is C18H17ClIN5O5. The van der Waals surface area contributed by atoms with Crippen LogP contribution in [0.25, 0.3) is 11.2 Å². The van der Waals surface area contributed by atoms with Gasteiger partial charge in [0, 0.05) is 10.1 Å². The Kier molecular flexibility index (Phi) is 6.06. The summed E-state index contributed by atoms with van der Waals surface area (Å²) in [6.45, 7) is 0.484. The zero-order chi connectivity index (χ0) is 21.4. The van der Waals surface area contributed by atoms with E-state index in [4.69, 9.17) is 16.3 Å². The van der Waals surface area contributed by atoms with Crippen molar-refractivity contribution in [1.29, 1.82) is 0 Å². The van der Waals surface area contributed by atoms with Crippen molar-refractivity contribution in [3.8, 4) is 0 Å². The Bertz CT molecular complexity index is 1100.